The molecule has 0 saturated carbocycles. The van der Waals surface area contributed by atoms with E-state index in [1.54, 1.807) is 26.1 Å². The minimum atomic E-state index is 0.398. The SMILES string of the molecule is CN=C(NCc1nc(C)no1)NCc1ccc(Cl)cc1Cl. The van der Waals surface area contributed by atoms with E-state index in [0.29, 0.717) is 40.8 Å². The Labute approximate surface area is 132 Å². The van der Waals surface area contributed by atoms with Crippen LogP contribution in [0.2, 0.25) is 10.0 Å². The lowest BCUT2D eigenvalue weighted by atomic mass is 10.2. The molecule has 0 atom stereocenters. The monoisotopic (exact) mass is 327 g/mol. The quantitative estimate of drug-likeness (QED) is 0.666. The van der Waals surface area contributed by atoms with Crippen molar-refractivity contribution in [1.29, 1.82) is 0 Å². The van der Waals surface area contributed by atoms with Crippen LogP contribution in [0.4, 0.5) is 0 Å². The first-order valence-electron chi connectivity index (χ1n) is 6.26. The smallest absolute Gasteiger partial charge is 0.246 e. The summed E-state index contributed by atoms with van der Waals surface area (Å²) in [5.74, 6) is 1.71. The number of nitrogens with one attached hydrogen (secondary N) is 2. The van der Waals surface area contributed by atoms with E-state index in [1.807, 2.05) is 6.07 Å². The minimum Gasteiger partial charge on any atom is -0.352 e. The van der Waals surface area contributed by atoms with Crippen molar-refractivity contribution in [2.75, 3.05) is 7.05 Å². The van der Waals surface area contributed by atoms with Gasteiger partial charge in [-0.05, 0) is 24.6 Å². The molecule has 2 aromatic rings. The second-order valence-corrected chi connectivity index (χ2v) is 5.09. The Balaban J connectivity index is 1.88. The maximum absolute atomic E-state index is 6.11. The molecule has 0 saturated heterocycles. The Morgan fingerprint density at radius 3 is 2.67 bits per heavy atom. The Hall–Kier alpha value is -1.79. The molecule has 8 heteroatoms. The van der Waals surface area contributed by atoms with Crippen molar-refractivity contribution >= 4 is 29.2 Å². The number of halogens is 2. The summed E-state index contributed by atoms with van der Waals surface area (Å²) >= 11 is 12.0. The molecule has 0 spiro atoms. The first kappa shape index (κ1) is 15.6. The zero-order valence-corrected chi connectivity index (χ0v) is 13.2. The highest BCUT2D eigenvalue weighted by atomic mass is 35.5. The first-order valence-corrected chi connectivity index (χ1v) is 7.01. The van der Waals surface area contributed by atoms with Gasteiger partial charge in [-0.3, -0.25) is 4.99 Å². The van der Waals surface area contributed by atoms with E-state index >= 15 is 0 Å². The molecule has 1 aromatic heterocycles. The average molecular weight is 328 g/mol. The van der Waals surface area contributed by atoms with Gasteiger partial charge in [0.05, 0.1) is 6.54 Å². The van der Waals surface area contributed by atoms with Gasteiger partial charge in [-0.1, -0.05) is 34.4 Å². The normalized spacial score (nSPS) is 11.5. The van der Waals surface area contributed by atoms with Crippen molar-refractivity contribution in [2.24, 2.45) is 4.99 Å². The number of hydrogen-bond acceptors (Lipinski definition) is 4. The highest BCUT2D eigenvalue weighted by molar-refractivity contribution is 6.35. The third kappa shape index (κ3) is 4.61. The summed E-state index contributed by atoms with van der Waals surface area (Å²) in [4.78, 5) is 8.21. The van der Waals surface area contributed by atoms with Gasteiger partial charge in [0.2, 0.25) is 5.89 Å². The van der Waals surface area contributed by atoms with Crippen LogP contribution in [-0.2, 0) is 13.1 Å². The van der Waals surface area contributed by atoms with Crippen LogP contribution < -0.4 is 10.6 Å². The lowest BCUT2D eigenvalue weighted by Gasteiger charge is -2.11. The molecule has 0 aliphatic heterocycles. The van der Waals surface area contributed by atoms with Crippen LogP contribution in [0.25, 0.3) is 0 Å². The highest BCUT2D eigenvalue weighted by Gasteiger charge is 2.06. The van der Waals surface area contributed by atoms with Gasteiger partial charge in [-0.25, -0.2) is 0 Å². The van der Waals surface area contributed by atoms with E-state index in [4.69, 9.17) is 27.7 Å². The summed E-state index contributed by atoms with van der Waals surface area (Å²) in [7, 11) is 1.68. The first-order chi connectivity index (χ1) is 10.1. The lowest BCUT2D eigenvalue weighted by molar-refractivity contribution is 0.371. The summed E-state index contributed by atoms with van der Waals surface area (Å²) in [5.41, 5.74) is 0.928. The summed E-state index contributed by atoms with van der Waals surface area (Å²) in [6.07, 6.45) is 0. The molecular weight excluding hydrogens is 313 g/mol. The maximum Gasteiger partial charge on any atom is 0.246 e. The minimum absolute atomic E-state index is 0.398. The van der Waals surface area contributed by atoms with Crippen LogP contribution in [0.1, 0.15) is 17.3 Å². The fourth-order valence-corrected chi connectivity index (χ4v) is 2.11. The number of rotatable bonds is 4. The van der Waals surface area contributed by atoms with Crippen LogP contribution in [0.3, 0.4) is 0 Å². The largest absolute Gasteiger partial charge is 0.352 e. The van der Waals surface area contributed by atoms with Gasteiger partial charge in [0, 0.05) is 23.6 Å². The molecule has 0 bridgehead atoms. The number of aromatic nitrogens is 2. The van der Waals surface area contributed by atoms with Crippen LogP contribution in [-0.4, -0.2) is 23.1 Å². The molecule has 0 amide bonds. The maximum atomic E-state index is 6.11. The molecule has 2 rings (SSSR count). The molecular formula is C13H15Cl2N5O. The van der Waals surface area contributed by atoms with Gasteiger partial charge < -0.3 is 15.2 Å². The summed E-state index contributed by atoms with van der Waals surface area (Å²) in [6.45, 7) is 2.69. The fraction of sp³-hybridized carbons (Fsp3) is 0.308. The van der Waals surface area contributed by atoms with E-state index in [9.17, 15) is 0 Å². The molecule has 2 N–H and O–H groups in total. The number of aliphatic imine (C=N–C) groups is 1. The topological polar surface area (TPSA) is 75.3 Å². The molecule has 0 unspecified atom stereocenters. The average Bonchev–Trinajstić information content (AvgIpc) is 2.86. The molecule has 6 nitrogen and oxygen atoms in total. The molecule has 0 fully saturated rings. The highest BCUT2D eigenvalue weighted by Crippen LogP contribution is 2.20. The van der Waals surface area contributed by atoms with E-state index in [0.717, 1.165) is 5.56 Å². The van der Waals surface area contributed by atoms with Gasteiger partial charge in [-0.2, -0.15) is 4.98 Å². The number of aryl methyl sites for hydroxylation is 1. The standard InChI is InChI=1S/C13H15Cl2N5O/c1-8-19-12(21-20-8)7-18-13(16-2)17-6-9-3-4-10(14)5-11(9)15/h3-5H,6-7H2,1-2H3,(H2,16,17,18). The Kier molecular flexibility index (Phi) is 5.41. The van der Waals surface area contributed by atoms with Crippen LogP contribution in [0.15, 0.2) is 27.7 Å². The second-order valence-electron chi connectivity index (χ2n) is 4.25. The van der Waals surface area contributed by atoms with Crippen molar-refractivity contribution in [3.05, 3.63) is 45.5 Å². The fourth-order valence-electron chi connectivity index (χ4n) is 1.64. The number of guanidine groups is 1. The van der Waals surface area contributed by atoms with Crippen molar-refractivity contribution in [3.8, 4) is 0 Å². The zero-order valence-electron chi connectivity index (χ0n) is 11.7. The number of nitrogens with zero attached hydrogens (tertiary/aromatic N) is 3. The summed E-state index contributed by atoms with van der Waals surface area (Å²) in [6, 6.07) is 5.37. The predicted molar refractivity (Wildman–Crippen MR) is 82.5 cm³/mol. The lowest BCUT2D eigenvalue weighted by Crippen LogP contribution is -2.36. The second kappa shape index (κ2) is 7.28. The molecule has 0 radical (unpaired) electrons. The van der Waals surface area contributed by atoms with Crippen LogP contribution in [0, 0.1) is 6.92 Å². The van der Waals surface area contributed by atoms with Crippen molar-refractivity contribution in [1.82, 2.24) is 20.8 Å². The predicted octanol–water partition coefficient (Wildman–Crippen LogP) is 2.55. The van der Waals surface area contributed by atoms with E-state index in [-0.39, 0.29) is 0 Å². The molecule has 1 heterocycles. The molecule has 1 aromatic carbocycles. The number of benzene rings is 1. The Morgan fingerprint density at radius 2 is 2.05 bits per heavy atom. The van der Waals surface area contributed by atoms with Gasteiger partial charge in [0.25, 0.3) is 0 Å². The third-order valence-electron chi connectivity index (χ3n) is 2.66. The van der Waals surface area contributed by atoms with Gasteiger partial charge >= 0.3 is 0 Å². The van der Waals surface area contributed by atoms with Gasteiger partial charge in [0.15, 0.2) is 11.8 Å². The van der Waals surface area contributed by atoms with Gasteiger partial charge in [0.1, 0.15) is 0 Å². The Bertz CT molecular complexity index is 641. The van der Waals surface area contributed by atoms with Crippen molar-refractivity contribution in [2.45, 2.75) is 20.0 Å². The van der Waals surface area contributed by atoms with E-state index in [2.05, 4.69) is 25.8 Å². The molecule has 112 valence electrons. The number of hydrogen-bond donors (Lipinski definition) is 2. The summed E-state index contributed by atoms with van der Waals surface area (Å²) < 4.78 is 5.01. The van der Waals surface area contributed by atoms with E-state index < -0.39 is 0 Å². The van der Waals surface area contributed by atoms with Gasteiger partial charge in [-0.15, -0.1) is 0 Å². The molecule has 0 aliphatic carbocycles. The zero-order chi connectivity index (χ0) is 15.2. The van der Waals surface area contributed by atoms with E-state index in [1.165, 1.54) is 0 Å². The molecule has 0 aliphatic rings. The van der Waals surface area contributed by atoms with Crippen molar-refractivity contribution in [3.63, 3.8) is 0 Å². The third-order valence-corrected chi connectivity index (χ3v) is 3.25. The van der Waals surface area contributed by atoms with Crippen LogP contribution >= 0.6 is 23.2 Å². The van der Waals surface area contributed by atoms with Crippen molar-refractivity contribution < 1.29 is 4.52 Å². The Morgan fingerprint density at radius 1 is 1.29 bits per heavy atom. The van der Waals surface area contributed by atoms with Crippen LogP contribution in [0.5, 0.6) is 0 Å². The molecule has 21 heavy (non-hydrogen) atoms. The summed E-state index contributed by atoms with van der Waals surface area (Å²) in [5, 5.41) is 11.2.